The van der Waals surface area contributed by atoms with Crippen molar-refractivity contribution in [3.05, 3.63) is 28.8 Å². The number of nitriles is 1. The highest BCUT2D eigenvalue weighted by atomic mass is 35.5. The molecule has 0 aliphatic rings. The minimum absolute atomic E-state index is 0.0234. The van der Waals surface area contributed by atoms with Gasteiger partial charge in [-0.05, 0) is 30.5 Å². The lowest BCUT2D eigenvalue weighted by molar-refractivity contribution is -0.117. The molecule has 1 aromatic rings. The van der Waals surface area contributed by atoms with Crippen molar-refractivity contribution in [2.24, 2.45) is 11.7 Å². The third-order valence-electron chi connectivity index (χ3n) is 3.08. The first-order chi connectivity index (χ1) is 8.97. The molecule has 0 bridgehead atoms. The van der Waals surface area contributed by atoms with Crippen molar-refractivity contribution < 1.29 is 4.79 Å². The molecule has 1 amide bonds. The number of halogens is 1. The van der Waals surface area contributed by atoms with E-state index in [2.05, 4.69) is 5.32 Å². The van der Waals surface area contributed by atoms with Gasteiger partial charge in [-0.3, -0.25) is 4.79 Å². The molecule has 3 N–H and O–H groups in total. The van der Waals surface area contributed by atoms with Crippen molar-refractivity contribution >= 4 is 23.2 Å². The molecule has 0 unspecified atom stereocenters. The van der Waals surface area contributed by atoms with Crippen molar-refractivity contribution in [3.8, 4) is 6.07 Å². The van der Waals surface area contributed by atoms with Crippen LogP contribution >= 0.6 is 11.6 Å². The SMILES string of the molecule is CC[C@@H](N)[C@H](C)CC(=O)Nc1ccc(C#N)c(Cl)c1. The lowest BCUT2D eigenvalue weighted by atomic mass is 9.97. The van der Waals surface area contributed by atoms with Gasteiger partial charge in [-0.1, -0.05) is 25.4 Å². The van der Waals surface area contributed by atoms with E-state index in [0.717, 1.165) is 6.42 Å². The van der Waals surface area contributed by atoms with Gasteiger partial charge in [-0.2, -0.15) is 5.26 Å². The van der Waals surface area contributed by atoms with Crippen LogP contribution in [0.5, 0.6) is 0 Å². The predicted octanol–water partition coefficient (Wildman–Crippen LogP) is 2.91. The van der Waals surface area contributed by atoms with Crippen LogP contribution in [-0.2, 0) is 4.79 Å². The molecule has 0 aliphatic heterocycles. The van der Waals surface area contributed by atoms with Gasteiger partial charge in [0.15, 0.2) is 0 Å². The largest absolute Gasteiger partial charge is 0.327 e. The molecule has 0 aliphatic carbocycles. The van der Waals surface area contributed by atoms with E-state index >= 15 is 0 Å². The van der Waals surface area contributed by atoms with Gasteiger partial charge in [0.25, 0.3) is 0 Å². The summed E-state index contributed by atoms with van der Waals surface area (Å²) in [4.78, 5) is 11.8. The van der Waals surface area contributed by atoms with E-state index in [0.29, 0.717) is 22.7 Å². The minimum Gasteiger partial charge on any atom is -0.327 e. The van der Waals surface area contributed by atoms with E-state index in [1.165, 1.54) is 0 Å². The summed E-state index contributed by atoms with van der Waals surface area (Å²) in [6.45, 7) is 3.96. The number of benzene rings is 1. The Balaban J connectivity index is 2.63. The van der Waals surface area contributed by atoms with Crippen molar-refractivity contribution in [1.29, 1.82) is 5.26 Å². The molecule has 1 rings (SSSR count). The van der Waals surface area contributed by atoms with Gasteiger partial charge in [0.05, 0.1) is 10.6 Å². The van der Waals surface area contributed by atoms with Crippen molar-refractivity contribution in [3.63, 3.8) is 0 Å². The van der Waals surface area contributed by atoms with Crippen LogP contribution in [0.2, 0.25) is 5.02 Å². The van der Waals surface area contributed by atoms with E-state index in [1.807, 2.05) is 19.9 Å². The maximum atomic E-state index is 11.8. The average Bonchev–Trinajstić information content (AvgIpc) is 2.37. The van der Waals surface area contributed by atoms with E-state index in [4.69, 9.17) is 22.6 Å². The first kappa shape index (κ1) is 15.5. The fourth-order valence-electron chi connectivity index (χ4n) is 1.74. The van der Waals surface area contributed by atoms with Crippen molar-refractivity contribution in [1.82, 2.24) is 0 Å². The van der Waals surface area contributed by atoms with Crippen LogP contribution < -0.4 is 11.1 Å². The van der Waals surface area contributed by atoms with Crippen LogP contribution in [-0.4, -0.2) is 11.9 Å². The van der Waals surface area contributed by atoms with Crippen LogP contribution in [0.3, 0.4) is 0 Å². The maximum Gasteiger partial charge on any atom is 0.224 e. The molecule has 2 atom stereocenters. The summed E-state index contributed by atoms with van der Waals surface area (Å²) in [5.74, 6) is 0.0241. The van der Waals surface area contributed by atoms with Crippen LogP contribution in [0.4, 0.5) is 5.69 Å². The zero-order valence-electron chi connectivity index (χ0n) is 11.1. The molecule has 0 saturated carbocycles. The van der Waals surface area contributed by atoms with Gasteiger partial charge in [-0.25, -0.2) is 0 Å². The standard InChI is InChI=1S/C14H18ClN3O/c1-3-13(17)9(2)6-14(19)18-11-5-4-10(8-16)12(15)7-11/h4-5,7,9,13H,3,6,17H2,1-2H3,(H,18,19)/t9-,13-/m1/s1. The molecule has 5 heteroatoms. The number of hydrogen-bond donors (Lipinski definition) is 2. The molecule has 4 nitrogen and oxygen atoms in total. The molecule has 19 heavy (non-hydrogen) atoms. The van der Waals surface area contributed by atoms with Crippen molar-refractivity contribution in [2.75, 3.05) is 5.32 Å². The van der Waals surface area contributed by atoms with E-state index < -0.39 is 0 Å². The second kappa shape index (κ2) is 7.13. The minimum atomic E-state index is -0.0998. The Morgan fingerprint density at radius 3 is 2.79 bits per heavy atom. The molecule has 102 valence electrons. The number of carbonyl (C=O) groups is 1. The highest BCUT2D eigenvalue weighted by Crippen LogP contribution is 2.20. The summed E-state index contributed by atoms with van der Waals surface area (Å²) < 4.78 is 0. The summed E-state index contributed by atoms with van der Waals surface area (Å²) in [5.41, 5.74) is 6.86. The molecular weight excluding hydrogens is 262 g/mol. The number of amides is 1. The Hall–Kier alpha value is -1.57. The zero-order valence-corrected chi connectivity index (χ0v) is 11.9. The topological polar surface area (TPSA) is 78.9 Å². The number of nitrogens with one attached hydrogen (secondary N) is 1. The van der Waals surface area contributed by atoms with Crippen molar-refractivity contribution in [2.45, 2.75) is 32.7 Å². The number of nitrogens with zero attached hydrogens (tertiary/aromatic N) is 1. The number of nitrogens with two attached hydrogens (primary N) is 1. The van der Waals surface area contributed by atoms with E-state index in [1.54, 1.807) is 18.2 Å². The normalized spacial score (nSPS) is 13.4. The molecule has 0 aromatic heterocycles. The lowest BCUT2D eigenvalue weighted by Gasteiger charge is -2.17. The molecular formula is C14H18ClN3O. The maximum absolute atomic E-state index is 11.8. The van der Waals surface area contributed by atoms with Gasteiger partial charge >= 0.3 is 0 Å². The highest BCUT2D eigenvalue weighted by molar-refractivity contribution is 6.32. The first-order valence-corrected chi connectivity index (χ1v) is 6.60. The summed E-state index contributed by atoms with van der Waals surface area (Å²) in [5, 5.41) is 11.9. The van der Waals surface area contributed by atoms with E-state index in [-0.39, 0.29) is 17.9 Å². The van der Waals surface area contributed by atoms with Gasteiger partial charge in [0.1, 0.15) is 6.07 Å². The number of rotatable bonds is 5. The summed E-state index contributed by atoms with van der Waals surface area (Å²) in [7, 11) is 0. The predicted molar refractivity (Wildman–Crippen MR) is 76.8 cm³/mol. The molecule has 0 fully saturated rings. The van der Waals surface area contributed by atoms with Gasteiger partial charge in [-0.15, -0.1) is 0 Å². The van der Waals surface area contributed by atoms with Crippen LogP contribution in [0.1, 0.15) is 32.3 Å². The second-order valence-corrected chi connectivity index (χ2v) is 5.02. The van der Waals surface area contributed by atoms with Crippen LogP contribution in [0.15, 0.2) is 18.2 Å². The molecule has 0 radical (unpaired) electrons. The Morgan fingerprint density at radius 1 is 1.58 bits per heavy atom. The third kappa shape index (κ3) is 4.55. The summed E-state index contributed by atoms with van der Waals surface area (Å²) >= 11 is 5.90. The fraction of sp³-hybridized carbons (Fsp3) is 0.429. The Morgan fingerprint density at radius 2 is 2.26 bits per heavy atom. The van der Waals surface area contributed by atoms with Gasteiger partial charge in [0.2, 0.25) is 5.91 Å². The zero-order chi connectivity index (χ0) is 14.4. The van der Waals surface area contributed by atoms with Gasteiger partial charge < -0.3 is 11.1 Å². The summed E-state index contributed by atoms with van der Waals surface area (Å²) in [6.07, 6.45) is 1.21. The highest BCUT2D eigenvalue weighted by Gasteiger charge is 2.15. The average molecular weight is 280 g/mol. The van der Waals surface area contributed by atoms with Crippen LogP contribution in [0.25, 0.3) is 0 Å². The van der Waals surface area contributed by atoms with Crippen LogP contribution in [0, 0.1) is 17.2 Å². The second-order valence-electron chi connectivity index (χ2n) is 4.61. The quantitative estimate of drug-likeness (QED) is 0.870. The van der Waals surface area contributed by atoms with Gasteiger partial charge in [0, 0.05) is 18.2 Å². The molecule has 0 saturated heterocycles. The molecule has 1 aromatic carbocycles. The third-order valence-corrected chi connectivity index (χ3v) is 3.40. The monoisotopic (exact) mass is 279 g/mol. The number of hydrogen-bond acceptors (Lipinski definition) is 3. The smallest absolute Gasteiger partial charge is 0.224 e. The fourth-order valence-corrected chi connectivity index (χ4v) is 1.96. The Kier molecular flexibility index (Phi) is 5.81. The number of anilines is 1. The first-order valence-electron chi connectivity index (χ1n) is 6.23. The molecule has 0 spiro atoms. The lowest BCUT2D eigenvalue weighted by Crippen LogP contribution is -2.30. The Labute approximate surface area is 118 Å². The number of carbonyl (C=O) groups excluding carboxylic acids is 1. The Bertz CT molecular complexity index is 496. The van der Waals surface area contributed by atoms with E-state index in [9.17, 15) is 4.79 Å². The summed E-state index contributed by atoms with van der Waals surface area (Å²) in [6, 6.07) is 6.81. The molecule has 0 heterocycles.